The summed E-state index contributed by atoms with van der Waals surface area (Å²) in [6.07, 6.45) is 3.39. The number of amides is 1. The molecule has 25 heavy (non-hydrogen) atoms. The monoisotopic (exact) mass is 344 g/mol. The number of carbonyl (C=O) groups excluding carboxylic acids is 1. The summed E-state index contributed by atoms with van der Waals surface area (Å²) in [7, 11) is 0. The summed E-state index contributed by atoms with van der Waals surface area (Å²) < 4.78 is 11.4. The Morgan fingerprint density at radius 2 is 2.24 bits per heavy atom. The Morgan fingerprint density at radius 3 is 3.08 bits per heavy atom. The van der Waals surface area contributed by atoms with E-state index in [0.717, 1.165) is 47.9 Å². The number of H-pyrrole nitrogens is 1. The van der Waals surface area contributed by atoms with E-state index in [1.807, 2.05) is 4.90 Å². The number of rotatable bonds is 4. The minimum Gasteiger partial charge on any atom is -0.445 e. The lowest BCUT2D eigenvalue weighted by Crippen LogP contribution is -2.36. The summed E-state index contributed by atoms with van der Waals surface area (Å²) in [6, 6.07) is 0. The summed E-state index contributed by atoms with van der Waals surface area (Å²) in [4.78, 5) is 19.3. The van der Waals surface area contributed by atoms with Gasteiger partial charge in [-0.3, -0.25) is 9.89 Å². The zero-order valence-electron chi connectivity index (χ0n) is 14.8. The maximum Gasteiger partial charge on any atom is 0.275 e. The fraction of sp³-hybridized carbons (Fsp3) is 0.611. The first-order valence-corrected chi connectivity index (χ1v) is 9.02. The minimum absolute atomic E-state index is 0.0552. The van der Waals surface area contributed by atoms with Crippen LogP contribution in [0.3, 0.4) is 0 Å². The normalized spacial score (nSPS) is 16.8. The van der Waals surface area contributed by atoms with Gasteiger partial charge in [0.25, 0.3) is 5.91 Å². The number of aryl methyl sites for hydroxylation is 1. The fourth-order valence-corrected chi connectivity index (χ4v) is 3.38. The maximum absolute atomic E-state index is 12.9. The van der Waals surface area contributed by atoms with Gasteiger partial charge in [0, 0.05) is 37.1 Å². The van der Waals surface area contributed by atoms with Crippen LogP contribution in [0.25, 0.3) is 0 Å². The number of aromatic amines is 1. The van der Waals surface area contributed by atoms with Gasteiger partial charge in [0.15, 0.2) is 11.6 Å². The van der Waals surface area contributed by atoms with Crippen molar-refractivity contribution in [2.45, 2.75) is 52.7 Å². The Bertz CT molecular complexity index is 777. The zero-order valence-corrected chi connectivity index (χ0v) is 14.8. The molecule has 7 heteroatoms. The topological polar surface area (TPSA) is 84.3 Å². The Hall–Kier alpha value is -2.15. The van der Waals surface area contributed by atoms with Gasteiger partial charge in [-0.05, 0) is 12.3 Å². The highest BCUT2D eigenvalue weighted by Gasteiger charge is 2.30. The lowest BCUT2D eigenvalue weighted by molar-refractivity contribution is 0.0709. The van der Waals surface area contributed by atoms with Crippen LogP contribution in [0.4, 0.5) is 0 Å². The first-order valence-electron chi connectivity index (χ1n) is 9.02. The van der Waals surface area contributed by atoms with Crippen LogP contribution in [0.5, 0.6) is 0 Å². The molecular formula is C18H24N4O3. The van der Waals surface area contributed by atoms with Crippen molar-refractivity contribution in [3.8, 4) is 0 Å². The van der Waals surface area contributed by atoms with Crippen molar-refractivity contribution in [2.24, 2.45) is 5.92 Å². The molecule has 7 nitrogen and oxygen atoms in total. The van der Waals surface area contributed by atoms with Crippen LogP contribution in [-0.4, -0.2) is 39.1 Å². The average molecular weight is 344 g/mol. The summed E-state index contributed by atoms with van der Waals surface area (Å²) in [5.41, 5.74) is 3.30. The van der Waals surface area contributed by atoms with Gasteiger partial charge >= 0.3 is 0 Å². The Kier molecular flexibility index (Phi) is 4.33. The SMILES string of the molecule is CC(C)CCc1nc2c(o1)CCN(C(=O)c1n[nH]c3c1COCC3)C2. The smallest absolute Gasteiger partial charge is 0.275 e. The van der Waals surface area contributed by atoms with E-state index in [-0.39, 0.29) is 5.91 Å². The predicted molar refractivity (Wildman–Crippen MR) is 90.1 cm³/mol. The average Bonchev–Trinajstić information content (AvgIpc) is 3.22. The van der Waals surface area contributed by atoms with Gasteiger partial charge in [-0.2, -0.15) is 5.10 Å². The molecule has 0 radical (unpaired) electrons. The molecule has 1 N–H and O–H groups in total. The molecular weight excluding hydrogens is 320 g/mol. The molecule has 4 rings (SSSR count). The number of fused-ring (bicyclic) bond motifs is 2. The third-order valence-electron chi connectivity index (χ3n) is 4.89. The predicted octanol–water partition coefficient (Wildman–Crippen LogP) is 2.26. The standard InChI is InChI=1S/C18H24N4O3/c1-11(2)3-4-16-19-14-9-22(7-5-15(14)25-16)18(23)17-12-10-24-8-6-13(12)20-21-17/h11H,3-10H2,1-2H3,(H,20,21). The molecule has 2 aliphatic rings. The van der Waals surface area contributed by atoms with Gasteiger partial charge < -0.3 is 14.1 Å². The van der Waals surface area contributed by atoms with Gasteiger partial charge in [0.1, 0.15) is 11.5 Å². The van der Waals surface area contributed by atoms with Gasteiger partial charge in [-0.1, -0.05) is 13.8 Å². The van der Waals surface area contributed by atoms with Crippen LogP contribution in [0, 0.1) is 5.92 Å². The van der Waals surface area contributed by atoms with Gasteiger partial charge in [0.2, 0.25) is 0 Å². The number of nitrogens with one attached hydrogen (secondary N) is 1. The first-order chi connectivity index (χ1) is 12.1. The van der Waals surface area contributed by atoms with Crippen LogP contribution in [0.2, 0.25) is 0 Å². The van der Waals surface area contributed by atoms with E-state index in [1.54, 1.807) is 0 Å². The van der Waals surface area contributed by atoms with E-state index in [9.17, 15) is 4.79 Å². The van der Waals surface area contributed by atoms with Crippen molar-refractivity contribution in [2.75, 3.05) is 13.2 Å². The molecule has 0 saturated carbocycles. The second-order valence-electron chi connectivity index (χ2n) is 7.22. The number of hydrogen-bond acceptors (Lipinski definition) is 5. The summed E-state index contributed by atoms with van der Waals surface area (Å²) in [5, 5.41) is 7.23. The van der Waals surface area contributed by atoms with E-state index >= 15 is 0 Å². The fourth-order valence-electron chi connectivity index (χ4n) is 3.38. The lowest BCUT2D eigenvalue weighted by Gasteiger charge is -2.25. The largest absolute Gasteiger partial charge is 0.445 e. The Morgan fingerprint density at radius 1 is 1.36 bits per heavy atom. The van der Waals surface area contributed by atoms with Crippen molar-refractivity contribution in [3.05, 3.63) is 34.3 Å². The van der Waals surface area contributed by atoms with Crippen LogP contribution in [0.1, 0.15) is 59.4 Å². The van der Waals surface area contributed by atoms with Gasteiger partial charge in [0.05, 0.1) is 19.8 Å². The molecule has 0 fully saturated rings. The number of nitrogens with zero attached hydrogens (tertiary/aromatic N) is 3. The molecule has 2 aliphatic heterocycles. The third kappa shape index (κ3) is 3.20. The Labute approximate surface area is 146 Å². The van der Waals surface area contributed by atoms with Crippen molar-refractivity contribution >= 4 is 5.91 Å². The van der Waals surface area contributed by atoms with Gasteiger partial charge in [-0.15, -0.1) is 0 Å². The molecule has 134 valence electrons. The highest BCUT2D eigenvalue weighted by molar-refractivity contribution is 5.94. The van der Waals surface area contributed by atoms with Crippen LogP contribution < -0.4 is 0 Å². The quantitative estimate of drug-likeness (QED) is 0.920. The number of carbonyl (C=O) groups is 1. The summed E-state index contributed by atoms with van der Waals surface area (Å²) >= 11 is 0. The van der Waals surface area contributed by atoms with E-state index in [4.69, 9.17) is 9.15 Å². The minimum atomic E-state index is -0.0552. The van der Waals surface area contributed by atoms with Crippen molar-refractivity contribution < 1.29 is 13.9 Å². The zero-order chi connectivity index (χ0) is 17.4. The molecule has 0 saturated heterocycles. The Balaban J connectivity index is 1.48. The van der Waals surface area contributed by atoms with Gasteiger partial charge in [-0.25, -0.2) is 4.98 Å². The molecule has 0 bridgehead atoms. The molecule has 0 aromatic carbocycles. The van der Waals surface area contributed by atoms with Crippen LogP contribution in [0.15, 0.2) is 4.42 Å². The van der Waals surface area contributed by atoms with E-state index in [1.165, 1.54) is 0 Å². The molecule has 0 aliphatic carbocycles. The number of ether oxygens (including phenoxy) is 1. The summed E-state index contributed by atoms with van der Waals surface area (Å²) in [5.74, 6) is 2.28. The van der Waals surface area contributed by atoms with E-state index < -0.39 is 0 Å². The van der Waals surface area contributed by atoms with Crippen molar-refractivity contribution in [1.29, 1.82) is 0 Å². The van der Waals surface area contributed by atoms with Crippen LogP contribution >= 0.6 is 0 Å². The molecule has 2 aromatic rings. The third-order valence-corrected chi connectivity index (χ3v) is 4.89. The first kappa shape index (κ1) is 16.3. The number of hydrogen-bond donors (Lipinski definition) is 1. The molecule has 0 unspecified atom stereocenters. The second-order valence-corrected chi connectivity index (χ2v) is 7.22. The maximum atomic E-state index is 12.9. The van der Waals surface area contributed by atoms with Crippen LogP contribution in [-0.2, 0) is 37.2 Å². The molecule has 1 amide bonds. The highest BCUT2D eigenvalue weighted by atomic mass is 16.5. The molecule has 0 spiro atoms. The number of aromatic nitrogens is 3. The van der Waals surface area contributed by atoms with E-state index in [2.05, 4.69) is 29.0 Å². The lowest BCUT2D eigenvalue weighted by atomic mass is 10.1. The highest BCUT2D eigenvalue weighted by Crippen LogP contribution is 2.24. The van der Waals surface area contributed by atoms with Crippen molar-refractivity contribution in [1.82, 2.24) is 20.1 Å². The van der Waals surface area contributed by atoms with Crippen molar-refractivity contribution in [3.63, 3.8) is 0 Å². The number of oxazole rings is 1. The molecule has 0 atom stereocenters. The second kappa shape index (κ2) is 6.63. The van der Waals surface area contributed by atoms with E-state index in [0.29, 0.717) is 44.3 Å². The summed E-state index contributed by atoms with van der Waals surface area (Å²) in [6.45, 7) is 6.63. The molecule has 4 heterocycles. The molecule has 2 aromatic heterocycles.